The fraction of sp³-hybridized carbons (Fsp3) is 0.182. The highest BCUT2D eigenvalue weighted by atomic mass is 35.5. The predicted octanol–water partition coefficient (Wildman–Crippen LogP) is 2.91. The van der Waals surface area contributed by atoms with E-state index in [1.165, 1.54) is 26.4 Å². The van der Waals surface area contributed by atoms with Crippen LogP contribution in [0.15, 0.2) is 22.7 Å². The third kappa shape index (κ3) is 3.28. The van der Waals surface area contributed by atoms with Gasteiger partial charge in [-0.25, -0.2) is 0 Å². The van der Waals surface area contributed by atoms with Gasteiger partial charge < -0.3 is 14.6 Å². The summed E-state index contributed by atoms with van der Waals surface area (Å²) in [4.78, 5) is 11.7. The highest BCUT2D eigenvalue weighted by Gasteiger charge is 2.17. The monoisotopic (exact) mass is 276 g/mol. The zero-order valence-corrected chi connectivity index (χ0v) is 10.7. The minimum Gasteiger partial charge on any atom is -0.507 e. The lowest BCUT2D eigenvalue weighted by Crippen LogP contribution is -2.00. The van der Waals surface area contributed by atoms with E-state index >= 15 is 0 Å². The molecular formula is C11H10Cl2O4. The zero-order chi connectivity index (χ0) is 13.0. The van der Waals surface area contributed by atoms with Crippen molar-refractivity contribution in [3.8, 4) is 17.2 Å². The summed E-state index contributed by atoms with van der Waals surface area (Å²) in [6.07, 6.45) is 0.979. The van der Waals surface area contributed by atoms with E-state index in [1.807, 2.05) is 0 Å². The van der Waals surface area contributed by atoms with E-state index in [0.29, 0.717) is 5.75 Å². The number of benzene rings is 1. The molecule has 1 rings (SSSR count). The molecule has 0 atom stereocenters. The van der Waals surface area contributed by atoms with Gasteiger partial charge in [0.05, 0.1) is 14.2 Å². The van der Waals surface area contributed by atoms with Crippen LogP contribution in [-0.2, 0) is 0 Å². The van der Waals surface area contributed by atoms with Crippen LogP contribution in [0.25, 0.3) is 0 Å². The van der Waals surface area contributed by atoms with Gasteiger partial charge in [0.1, 0.15) is 27.3 Å². The summed E-state index contributed by atoms with van der Waals surface area (Å²) in [7, 11) is 2.81. The number of hydrogen-bond donors (Lipinski definition) is 1. The van der Waals surface area contributed by atoms with Gasteiger partial charge in [-0.05, 0) is 0 Å². The standard InChI is InChI=1S/C11H10Cl2O4/c1-16-6-3-7(14)11(9(4-6)17-2)8(15)5-10(12)13/h3-5,14H,1-2H3. The zero-order valence-electron chi connectivity index (χ0n) is 9.16. The molecule has 0 unspecified atom stereocenters. The van der Waals surface area contributed by atoms with Crippen LogP contribution in [0.3, 0.4) is 0 Å². The lowest BCUT2D eigenvalue weighted by atomic mass is 10.1. The van der Waals surface area contributed by atoms with Gasteiger partial charge in [0.2, 0.25) is 0 Å². The van der Waals surface area contributed by atoms with Gasteiger partial charge in [0, 0.05) is 18.2 Å². The first kappa shape index (κ1) is 13.7. The number of carbonyl (C=O) groups is 1. The molecule has 0 aliphatic carbocycles. The van der Waals surface area contributed by atoms with Gasteiger partial charge in [-0.15, -0.1) is 0 Å². The van der Waals surface area contributed by atoms with Crippen molar-refractivity contribution in [3.05, 3.63) is 28.3 Å². The minimum absolute atomic E-state index is 0.0212. The number of aromatic hydroxyl groups is 1. The fourth-order valence-corrected chi connectivity index (χ4v) is 1.47. The molecular weight excluding hydrogens is 267 g/mol. The minimum atomic E-state index is -0.554. The second-order valence-corrected chi connectivity index (χ2v) is 4.03. The van der Waals surface area contributed by atoms with Crippen molar-refractivity contribution in [3.63, 3.8) is 0 Å². The molecule has 6 heteroatoms. The number of methoxy groups -OCH3 is 2. The molecule has 0 saturated heterocycles. The number of allylic oxidation sites excluding steroid dienone is 1. The number of halogens is 2. The Balaban J connectivity index is 3.32. The average molecular weight is 277 g/mol. The Bertz CT molecular complexity index is 465. The lowest BCUT2D eigenvalue weighted by Gasteiger charge is -2.10. The van der Waals surface area contributed by atoms with Crippen LogP contribution >= 0.6 is 23.2 Å². The first-order valence-electron chi connectivity index (χ1n) is 4.51. The molecule has 0 spiro atoms. The largest absolute Gasteiger partial charge is 0.507 e. The second kappa shape index (κ2) is 5.80. The summed E-state index contributed by atoms with van der Waals surface area (Å²) < 4.78 is 9.73. The normalized spacial score (nSPS) is 9.65. The van der Waals surface area contributed by atoms with E-state index in [9.17, 15) is 9.90 Å². The number of carbonyl (C=O) groups excluding carboxylic acids is 1. The fourth-order valence-electron chi connectivity index (χ4n) is 1.27. The van der Waals surface area contributed by atoms with Gasteiger partial charge in [-0.1, -0.05) is 23.2 Å². The molecule has 17 heavy (non-hydrogen) atoms. The molecule has 1 aromatic rings. The van der Waals surface area contributed by atoms with Crippen LogP contribution in [0.4, 0.5) is 0 Å². The number of phenols is 1. The quantitative estimate of drug-likeness (QED) is 0.679. The summed E-state index contributed by atoms with van der Waals surface area (Å²) in [6, 6.07) is 2.77. The predicted molar refractivity (Wildman–Crippen MR) is 65.3 cm³/mol. The molecule has 1 N–H and O–H groups in total. The first-order valence-corrected chi connectivity index (χ1v) is 5.27. The smallest absolute Gasteiger partial charge is 0.195 e. The van der Waals surface area contributed by atoms with Crippen LogP contribution in [0.2, 0.25) is 0 Å². The number of ether oxygens (including phenoxy) is 2. The van der Waals surface area contributed by atoms with E-state index < -0.39 is 5.78 Å². The van der Waals surface area contributed by atoms with Gasteiger partial charge in [0.15, 0.2) is 5.78 Å². The Morgan fingerprint density at radius 1 is 1.29 bits per heavy atom. The summed E-state index contributed by atoms with van der Waals surface area (Å²) in [5.74, 6) is -0.270. The van der Waals surface area contributed by atoms with E-state index in [4.69, 9.17) is 32.7 Å². The van der Waals surface area contributed by atoms with Crippen LogP contribution < -0.4 is 9.47 Å². The van der Waals surface area contributed by atoms with Crippen molar-refractivity contribution < 1.29 is 19.4 Å². The van der Waals surface area contributed by atoms with E-state index in [2.05, 4.69) is 0 Å². The SMILES string of the molecule is COc1cc(O)c(C(=O)C=C(Cl)Cl)c(OC)c1. The van der Waals surface area contributed by atoms with Crippen molar-refractivity contribution in [2.24, 2.45) is 0 Å². The first-order chi connectivity index (χ1) is 7.99. The second-order valence-electron chi connectivity index (χ2n) is 3.02. The highest BCUT2D eigenvalue weighted by Crippen LogP contribution is 2.34. The molecule has 0 aliphatic rings. The van der Waals surface area contributed by atoms with E-state index in [-0.39, 0.29) is 21.6 Å². The number of hydrogen-bond acceptors (Lipinski definition) is 4. The Hall–Kier alpha value is -1.39. The summed E-state index contributed by atoms with van der Waals surface area (Å²) >= 11 is 10.8. The van der Waals surface area contributed by atoms with Gasteiger partial charge in [-0.3, -0.25) is 4.79 Å². The topological polar surface area (TPSA) is 55.8 Å². The molecule has 1 aromatic carbocycles. The molecule has 0 aromatic heterocycles. The molecule has 0 bridgehead atoms. The molecule has 0 radical (unpaired) electrons. The Labute approximate surface area is 108 Å². The summed E-state index contributed by atoms with van der Waals surface area (Å²) in [6.45, 7) is 0. The maximum absolute atomic E-state index is 11.7. The van der Waals surface area contributed by atoms with E-state index in [1.54, 1.807) is 0 Å². The third-order valence-electron chi connectivity index (χ3n) is 2.00. The molecule has 0 amide bonds. The Kier molecular flexibility index (Phi) is 4.66. The van der Waals surface area contributed by atoms with Crippen LogP contribution in [0.1, 0.15) is 10.4 Å². The number of phenolic OH excluding ortho intramolecular Hbond substituents is 1. The van der Waals surface area contributed by atoms with E-state index in [0.717, 1.165) is 6.08 Å². The molecule has 0 aliphatic heterocycles. The summed E-state index contributed by atoms with van der Waals surface area (Å²) in [5.41, 5.74) is -0.0212. The lowest BCUT2D eigenvalue weighted by molar-refractivity contribution is 0.104. The molecule has 0 fully saturated rings. The van der Waals surface area contributed by atoms with Crippen LogP contribution in [0, 0.1) is 0 Å². The number of ketones is 1. The average Bonchev–Trinajstić information content (AvgIpc) is 2.26. The third-order valence-corrected chi connectivity index (χ3v) is 2.22. The Morgan fingerprint density at radius 3 is 2.41 bits per heavy atom. The number of rotatable bonds is 4. The van der Waals surface area contributed by atoms with Gasteiger partial charge in [-0.2, -0.15) is 0 Å². The van der Waals surface area contributed by atoms with Crippen molar-refractivity contribution in [2.75, 3.05) is 14.2 Å². The van der Waals surface area contributed by atoms with Crippen LogP contribution in [0.5, 0.6) is 17.2 Å². The molecule has 4 nitrogen and oxygen atoms in total. The van der Waals surface area contributed by atoms with Gasteiger partial charge in [0.25, 0.3) is 0 Å². The maximum atomic E-state index is 11.7. The van der Waals surface area contributed by atoms with Crippen molar-refractivity contribution in [1.29, 1.82) is 0 Å². The van der Waals surface area contributed by atoms with Crippen molar-refractivity contribution in [1.82, 2.24) is 0 Å². The summed E-state index contributed by atoms with van der Waals surface area (Å²) in [5, 5.41) is 9.72. The van der Waals surface area contributed by atoms with Crippen molar-refractivity contribution in [2.45, 2.75) is 0 Å². The van der Waals surface area contributed by atoms with Crippen molar-refractivity contribution >= 4 is 29.0 Å². The molecule has 92 valence electrons. The van der Waals surface area contributed by atoms with Gasteiger partial charge >= 0.3 is 0 Å². The van der Waals surface area contributed by atoms with Crippen LogP contribution in [-0.4, -0.2) is 25.1 Å². The highest BCUT2D eigenvalue weighted by molar-refractivity contribution is 6.57. The molecule has 0 saturated carbocycles. The molecule has 0 heterocycles. The Morgan fingerprint density at radius 2 is 1.94 bits per heavy atom. The maximum Gasteiger partial charge on any atom is 0.195 e.